The van der Waals surface area contributed by atoms with Crippen molar-refractivity contribution in [2.24, 2.45) is 5.41 Å². The van der Waals surface area contributed by atoms with Crippen molar-refractivity contribution in [3.8, 4) is 0 Å². The minimum Gasteiger partial charge on any atom is -0.388 e. The van der Waals surface area contributed by atoms with Crippen molar-refractivity contribution >= 4 is 0 Å². The van der Waals surface area contributed by atoms with Crippen LogP contribution >= 0.6 is 0 Å². The molecule has 0 radical (unpaired) electrons. The van der Waals surface area contributed by atoms with Gasteiger partial charge in [0.25, 0.3) is 0 Å². The summed E-state index contributed by atoms with van der Waals surface area (Å²) in [5.41, 5.74) is -1.91. The molecule has 1 nitrogen and oxygen atoms in total. The molecule has 0 rings (SSSR count). The van der Waals surface area contributed by atoms with Crippen LogP contribution in [0.5, 0.6) is 0 Å². The molecule has 0 bridgehead atoms. The standard InChI is InChI=1S/C8H13F3O/c1-5(8(9,10)11)6(12)7(2,3)4/h6,12H,1H2,2-4H3. The number of hydrogen-bond acceptors (Lipinski definition) is 1. The van der Waals surface area contributed by atoms with Crippen molar-refractivity contribution in [3.63, 3.8) is 0 Å². The highest BCUT2D eigenvalue weighted by Crippen LogP contribution is 2.34. The van der Waals surface area contributed by atoms with E-state index >= 15 is 0 Å². The first-order valence-corrected chi connectivity index (χ1v) is 3.51. The lowest BCUT2D eigenvalue weighted by atomic mass is 9.85. The van der Waals surface area contributed by atoms with E-state index in [1.54, 1.807) is 0 Å². The van der Waals surface area contributed by atoms with E-state index < -0.39 is 23.3 Å². The Hall–Kier alpha value is -0.510. The highest BCUT2D eigenvalue weighted by molar-refractivity contribution is 5.11. The zero-order valence-electron chi connectivity index (χ0n) is 7.37. The first kappa shape index (κ1) is 11.5. The molecular weight excluding hydrogens is 169 g/mol. The van der Waals surface area contributed by atoms with Gasteiger partial charge < -0.3 is 5.11 Å². The third-order valence-corrected chi connectivity index (χ3v) is 1.51. The van der Waals surface area contributed by atoms with Gasteiger partial charge in [-0.3, -0.25) is 0 Å². The normalized spacial score (nSPS) is 15.9. The molecule has 72 valence electrons. The van der Waals surface area contributed by atoms with E-state index in [2.05, 4.69) is 6.58 Å². The molecule has 0 spiro atoms. The summed E-state index contributed by atoms with van der Waals surface area (Å²) in [6.07, 6.45) is -6.05. The van der Waals surface area contributed by atoms with Crippen LogP contribution in [0.15, 0.2) is 12.2 Å². The van der Waals surface area contributed by atoms with Crippen LogP contribution in [0.3, 0.4) is 0 Å². The van der Waals surface area contributed by atoms with Crippen LogP contribution in [0, 0.1) is 5.41 Å². The minimum absolute atomic E-state index is 0.827. The highest BCUT2D eigenvalue weighted by Gasteiger charge is 2.40. The monoisotopic (exact) mass is 182 g/mol. The number of alkyl halides is 3. The topological polar surface area (TPSA) is 20.2 Å². The highest BCUT2D eigenvalue weighted by atomic mass is 19.4. The maximum absolute atomic E-state index is 12.0. The van der Waals surface area contributed by atoms with Crippen LogP contribution in [0.4, 0.5) is 13.2 Å². The van der Waals surface area contributed by atoms with Gasteiger partial charge in [0.05, 0.1) is 11.7 Å². The van der Waals surface area contributed by atoms with Gasteiger partial charge in [-0.25, -0.2) is 0 Å². The van der Waals surface area contributed by atoms with E-state index in [1.165, 1.54) is 20.8 Å². The van der Waals surface area contributed by atoms with Gasteiger partial charge >= 0.3 is 6.18 Å². The first-order valence-electron chi connectivity index (χ1n) is 3.51. The van der Waals surface area contributed by atoms with Gasteiger partial charge in [-0.1, -0.05) is 27.4 Å². The summed E-state index contributed by atoms with van der Waals surface area (Å²) in [5, 5.41) is 9.17. The Balaban J connectivity index is 4.53. The van der Waals surface area contributed by atoms with E-state index in [-0.39, 0.29) is 0 Å². The number of rotatable bonds is 1. The predicted molar refractivity (Wildman–Crippen MR) is 40.7 cm³/mol. The first-order chi connectivity index (χ1) is 5.07. The summed E-state index contributed by atoms with van der Waals surface area (Å²) in [7, 11) is 0. The molecule has 4 heteroatoms. The van der Waals surface area contributed by atoms with Crippen molar-refractivity contribution in [1.82, 2.24) is 0 Å². The summed E-state index contributed by atoms with van der Waals surface area (Å²) in [6, 6.07) is 0. The summed E-state index contributed by atoms with van der Waals surface area (Å²) in [4.78, 5) is 0. The lowest BCUT2D eigenvalue weighted by Gasteiger charge is -2.28. The smallest absolute Gasteiger partial charge is 0.388 e. The lowest BCUT2D eigenvalue weighted by Crippen LogP contribution is -2.33. The molecule has 0 aliphatic carbocycles. The SMILES string of the molecule is C=C(C(O)C(C)(C)C)C(F)(F)F. The Morgan fingerprint density at radius 3 is 1.67 bits per heavy atom. The molecule has 0 aromatic heterocycles. The van der Waals surface area contributed by atoms with Crippen LogP contribution in [-0.4, -0.2) is 17.4 Å². The largest absolute Gasteiger partial charge is 0.414 e. The minimum atomic E-state index is -4.51. The van der Waals surface area contributed by atoms with Crippen molar-refractivity contribution in [2.75, 3.05) is 0 Å². The van der Waals surface area contributed by atoms with E-state index in [1.807, 2.05) is 0 Å². The van der Waals surface area contributed by atoms with Crippen molar-refractivity contribution < 1.29 is 18.3 Å². The molecule has 1 N–H and O–H groups in total. The van der Waals surface area contributed by atoms with Gasteiger partial charge in [-0.15, -0.1) is 0 Å². The molecule has 0 amide bonds. The molecule has 0 aromatic rings. The molecule has 0 fully saturated rings. The second kappa shape index (κ2) is 3.09. The van der Waals surface area contributed by atoms with Gasteiger partial charge in [0.2, 0.25) is 0 Å². The molecule has 0 aliphatic rings. The average Bonchev–Trinajstić information content (AvgIpc) is 1.80. The fraction of sp³-hybridized carbons (Fsp3) is 0.750. The average molecular weight is 182 g/mol. The number of aliphatic hydroxyl groups excluding tert-OH is 1. The van der Waals surface area contributed by atoms with Crippen molar-refractivity contribution in [3.05, 3.63) is 12.2 Å². The van der Waals surface area contributed by atoms with Crippen LogP contribution in [0.1, 0.15) is 20.8 Å². The molecule has 0 aliphatic heterocycles. The lowest BCUT2D eigenvalue weighted by molar-refractivity contribution is -0.113. The molecule has 0 saturated heterocycles. The Labute approximate surface area is 69.9 Å². The summed E-state index contributed by atoms with van der Waals surface area (Å²) < 4.78 is 35.9. The van der Waals surface area contributed by atoms with Crippen LogP contribution < -0.4 is 0 Å². The van der Waals surface area contributed by atoms with E-state index in [9.17, 15) is 18.3 Å². The third-order valence-electron chi connectivity index (χ3n) is 1.51. The van der Waals surface area contributed by atoms with Crippen LogP contribution in [0.25, 0.3) is 0 Å². The summed E-state index contributed by atoms with van der Waals surface area (Å²) in [5.74, 6) is 0. The van der Waals surface area contributed by atoms with Crippen LogP contribution in [-0.2, 0) is 0 Å². The maximum atomic E-state index is 12.0. The fourth-order valence-electron chi connectivity index (χ4n) is 0.678. The van der Waals surface area contributed by atoms with Gasteiger partial charge in [0, 0.05) is 0 Å². The van der Waals surface area contributed by atoms with Gasteiger partial charge in [0.15, 0.2) is 0 Å². The molecule has 0 heterocycles. The Bertz CT molecular complexity index is 176. The number of hydrogen-bond donors (Lipinski definition) is 1. The van der Waals surface area contributed by atoms with Crippen molar-refractivity contribution in [1.29, 1.82) is 0 Å². The summed E-state index contributed by atoms with van der Waals surface area (Å²) in [6.45, 7) is 7.38. The number of aliphatic hydroxyl groups is 1. The predicted octanol–water partition coefficient (Wildman–Crippen LogP) is 2.51. The fourth-order valence-corrected chi connectivity index (χ4v) is 0.678. The molecular formula is C8H13F3O. The van der Waals surface area contributed by atoms with E-state index in [0.717, 1.165) is 0 Å². The maximum Gasteiger partial charge on any atom is 0.414 e. The second-order valence-electron chi connectivity index (χ2n) is 3.79. The Morgan fingerprint density at radius 2 is 1.58 bits per heavy atom. The molecule has 1 unspecified atom stereocenters. The Morgan fingerprint density at radius 1 is 1.25 bits per heavy atom. The van der Waals surface area contributed by atoms with Crippen LogP contribution in [0.2, 0.25) is 0 Å². The zero-order valence-corrected chi connectivity index (χ0v) is 7.37. The van der Waals surface area contributed by atoms with Crippen molar-refractivity contribution in [2.45, 2.75) is 33.1 Å². The molecule has 0 aromatic carbocycles. The number of halogens is 3. The third kappa shape index (κ3) is 2.85. The Kier molecular flexibility index (Phi) is 2.96. The molecule has 0 saturated carbocycles. The molecule has 1 atom stereocenters. The van der Waals surface area contributed by atoms with E-state index in [0.29, 0.717) is 0 Å². The molecule has 12 heavy (non-hydrogen) atoms. The van der Waals surface area contributed by atoms with E-state index in [4.69, 9.17) is 0 Å². The zero-order chi connectivity index (χ0) is 10.2. The van der Waals surface area contributed by atoms with Gasteiger partial charge in [-0.2, -0.15) is 13.2 Å². The van der Waals surface area contributed by atoms with Gasteiger partial charge in [0.1, 0.15) is 0 Å². The summed E-state index contributed by atoms with van der Waals surface area (Å²) >= 11 is 0. The van der Waals surface area contributed by atoms with Gasteiger partial charge in [-0.05, 0) is 5.41 Å². The quantitative estimate of drug-likeness (QED) is 0.618. The second-order valence-corrected chi connectivity index (χ2v) is 3.79.